The van der Waals surface area contributed by atoms with Crippen molar-refractivity contribution in [3.05, 3.63) is 88.6 Å². The van der Waals surface area contributed by atoms with Gasteiger partial charge < -0.3 is 10.6 Å². The molecule has 0 radical (unpaired) electrons. The molecular formula is C30H32F7N3O2. The molecule has 228 valence electrons. The molecule has 5 nitrogen and oxygen atoms in total. The van der Waals surface area contributed by atoms with Gasteiger partial charge in [-0.2, -0.15) is 26.3 Å². The van der Waals surface area contributed by atoms with Crippen molar-refractivity contribution in [3.8, 4) is 0 Å². The molecule has 2 amide bonds. The van der Waals surface area contributed by atoms with Crippen molar-refractivity contribution in [2.75, 3.05) is 5.32 Å². The van der Waals surface area contributed by atoms with Gasteiger partial charge in [-0.15, -0.1) is 0 Å². The van der Waals surface area contributed by atoms with E-state index in [1.165, 1.54) is 24.5 Å². The maximum Gasteiger partial charge on any atom is 0.435 e. The van der Waals surface area contributed by atoms with E-state index in [0.29, 0.717) is 30.5 Å². The summed E-state index contributed by atoms with van der Waals surface area (Å²) in [7, 11) is 0. The summed E-state index contributed by atoms with van der Waals surface area (Å²) in [5.74, 6) is -1.38. The summed E-state index contributed by atoms with van der Waals surface area (Å²) in [6.07, 6.45) is -6.59. The number of anilines is 1. The number of aryl methyl sites for hydroxylation is 2. The highest BCUT2D eigenvalue weighted by Crippen LogP contribution is 2.53. The van der Waals surface area contributed by atoms with Crippen molar-refractivity contribution in [2.24, 2.45) is 4.99 Å². The molecule has 0 spiro atoms. The molecule has 42 heavy (non-hydrogen) atoms. The standard InChI is InChI=1S/C28H26F7N3O2.C2H6/c1-5-36-14-11-18(4)25(12-13-25)38-24(40)22-16(2)7-6-8-20(22)23(39)37-21-10-9-19(15-17(21)3)26(29,27(30,31)32)28(33,34)35;1-2/h5-11,14-15H,1,12-13H2,2-4H3,(H,37,39)(H,38,40);1-2H3/b18-11+,36-14?;. The number of allylic oxidation sites excluding steroid dienone is 1. The normalized spacial score (nSPS) is 15.0. The first-order chi connectivity index (χ1) is 19.5. The van der Waals surface area contributed by atoms with Crippen molar-refractivity contribution < 1.29 is 40.3 Å². The number of carbonyl (C=O) groups is 2. The lowest BCUT2D eigenvalue weighted by molar-refractivity contribution is -0.348. The Hall–Kier alpha value is -3.96. The average Bonchev–Trinajstić information content (AvgIpc) is 3.69. The van der Waals surface area contributed by atoms with Crippen LogP contribution in [0.15, 0.2) is 65.8 Å². The maximum absolute atomic E-state index is 14.4. The van der Waals surface area contributed by atoms with Gasteiger partial charge in [0.05, 0.1) is 16.7 Å². The van der Waals surface area contributed by atoms with Crippen LogP contribution in [0.3, 0.4) is 0 Å². The number of amides is 2. The van der Waals surface area contributed by atoms with Gasteiger partial charge in [0, 0.05) is 23.7 Å². The van der Waals surface area contributed by atoms with E-state index >= 15 is 0 Å². The van der Waals surface area contributed by atoms with Crippen molar-refractivity contribution in [3.63, 3.8) is 0 Å². The summed E-state index contributed by atoms with van der Waals surface area (Å²) in [6.45, 7) is 12.0. The third kappa shape index (κ3) is 6.91. The third-order valence-electron chi connectivity index (χ3n) is 6.77. The fourth-order valence-electron chi connectivity index (χ4n) is 4.25. The van der Waals surface area contributed by atoms with Crippen LogP contribution in [0, 0.1) is 13.8 Å². The van der Waals surface area contributed by atoms with Crippen LogP contribution < -0.4 is 10.6 Å². The lowest BCUT2D eigenvalue weighted by atomic mass is 9.92. The summed E-state index contributed by atoms with van der Waals surface area (Å²) in [5, 5.41) is 5.34. The quantitative estimate of drug-likeness (QED) is 0.237. The highest BCUT2D eigenvalue weighted by molar-refractivity contribution is 6.13. The zero-order valence-corrected chi connectivity index (χ0v) is 23.7. The Balaban J connectivity index is 0.00000301. The van der Waals surface area contributed by atoms with Gasteiger partial charge in [0.1, 0.15) is 0 Å². The molecule has 1 aliphatic rings. The van der Waals surface area contributed by atoms with E-state index in [-0.39, 0.29) is 22.4 Å². The molecule has 2 aromatic rings. The third-order valence-corrected chi connectivity index (χ3v) is 6.77. The van der Waals surface area contributed by atoms with Gasteiger partial charge in [-0.25, -0.2) is 4.39 Å². The van der Waals surface area contributed by atoms with Crippen LogP contribution in [0.5, 0.6) is 0 Å². The Morgan fingerprint density at radius 3 is 2.02 bits per heavy atom. The summed E-state index contributed by atoms with van der Waals surface area (Å²) in [5.41, 5.74) is -7.03. The number of carbonyl (C=O) groups excluding carboxylic acids is 2. The average molecular weight is 600 g/mol. The Morgan fingerprint density at radius 1 is 0.929 bits per heavy atom. The largest absolute Gasteiger partial charge is 0.435 e. The van der Waals surface area contributed by atoms with Crippen molar-refractivity contribution in [1.82, 2.24) is 5.32 Å². The van der Waals surface area contributed by atoms with E-state index in [0.717, 1.165) is 18.6 Å². The lowest BCUT2D eigenvalue weighted by Crippen LogP contribution is -2.50. The predicted octanol–water partition coefficient (Wildman–Crippen LogP) is 8.29. The molecule has 0 heterocycles. The van der Waals surface area contributed by atoms with Crippen LogP contribution in [-0.4, -0.2) is 35.9 Å². The van der Waals surface area contributed by atoms with Gasteiger partial charge in [-0.3, -0.25) is 14.6 Å². The van der Waals surface area contributed by atoms with Crippen LogP contribution in [0.4, 0.5) is 36.4 Å². The van der Waals surface area contributed by atoms with E-state index in [1.54, 1.807) is 19.1 Å². The molecule has 0 unspecified atom stereocenters. The molecule has 0 atom stereocenters. The van der Waals surface area contributed by atoms with Crippen molar-refractivity contribution in [1.29, 1.82) is 0 Å². The number of alkyl halides is 7. The van der Waals surface area contributed by atoms with E-state index < -0.39 is 40.9 Å². The predicted molar refractivity (Wildman–Crippen MR) is 148 cm³/mol. The smallest absolute Gasteiger partial charge is 0.343 e. The van der Waals surface area contributed by atoms with Gasteiger partial charge >= 0.3 is 18.0 Å². The van der Waals surface area contributed by atoms with Crippen LogP contribution >= 0.6 is 0 Å². The topological polar surface area (TPSA) is 70.6 Å². The highest BCUT2D eigenvalue weighted by atomic mass is 19.4. The fraction of sp³-hybridized carbons (Fsp3) is 0.367. The van der Waals surface area contributed by atoms with E-state index in [4.69, 9.17) is 0 Å². The molecule has 2 aromatic carbocycles. The number of nitrogens with one attached hydrogen (secondary N) is 2. The Kier molecular flexibility index (Phi) is 10.5. The molecular weight excluding hydrogens is 567 g/mol. The number of hydrogen-bond donors (Lipinski definition) is 2. The Morgan fingerprint density at radius 2 is 1.52 bits per heavy atom. The molecule has 2 N–H and O–H groups in total. The summed E-state index contributed by atoms with van der Waals surface area (Å²) < 4.78 is 93.3. The van der Waals surface area contributed by atoms with E-state index in [1.807, 2.05) is 20.8 Å². The number of halogens is 7. The Bertz CT molecular complexity index is 1370. The second kappa shape index (κ2) is 12.9. The zero-order chi connectivity index (χ0) is 32.1. The van der Waals surface area contributed by atoms with Crippen LogP contribution in [0.1, 0.15) is 71.0 Å². The number of nitrogens with zero attached hydrogens (tertiary/aromatic N) is 1. The van der Waals surface area contributed by atoms with Crippen molar-refractivity contribution in [2.45, 2.75) is 71.0 Å². The molecule has 1 saturated carbocycles. The second-order valence-corrected chi connectivity index (χ2v) is 9.50. The SMILES string of the molecule is C=CN=C/C=C(\C)C1(NC(=O)c2c(C)cccc2C(=O)Nc2ccc(C(F)(C(F)(F)F)C(F)(F)F)cc2C)CC1.CC. The first-order valence-electron chi connectivity index (χ1n) is 13.0. The lowest BCUT2D eigenvalue weighted by Gasteiger charge is -2.30. The van der Waals surface area contributed by atoms with Gasteiger partial charge in [-0.1, -0.05) is 44.7 Å². The molecule has 1 fully saturated rings. The molecule has 1 aliphatic carbocycles. The van der Waals surface area contributed by atoms with Gasteiger partial charge in [0.25, 0.3) is 11.8 Å². The monoisotopic (exact) mass is 599 g/mol. The number of rotatable bonds is 8. The minimum Gasteiger partial charge on any atom is -0.343 e. The molecule has 0 aliphatic heterocycles. The van der Waals surface area contributed by atoms with E-state index in [2.05, 4.69) is 22.2 Å². The van der Waals surface area contributed by atoms with Crippen LogP contribution in [0.2, 0.25) is 0 Å². The van der Waals surface area contributed by atoms with Crippen LogP contribution in [0.25, 0.3) is 0 Å². The molecule has 0 aromatic heterocycles. The number of hydrogen-bond acceptors (Lipinski definition) is 3. The van der Waals surface area contributed by atoms with Crippen LogP contribution in [-0.2, 0) is 5.67 Å². The van der Waals surface area contributed by atoms with Crippen molar-refractivity contribution >= 4 is 23.7 Å². The fourth-order valence-corrected chi connectivity index (χ4v) is 4.25. The Labute approximate surface area is 239 Å². The molecule has 0 bridgehead atoms. The second-order valence-electron chi connectivity index (χ2n) is 9.50. The first kappa shape index (κ1) is 34.2. The van der Waals surface area contributed by atoms with Gasteiger partial charge in [0.15, 0.2) is 0 Å². The summed E-state index contributed by atoms with van der Waals surface area (Å²) >= 11 is 0. The van der Waals surface area contributed by atoms with E-state index in [9.17, 15) is 40.3 Å². The van der Waals surface area contributed by atoms with Gasteiger partial charge in [0.2, 0.25) is 0 Å². The molecule has 3 rings (SSSR count). The number of benzene rings is 2. The highest BCUT2D eigenvalue weighted by Gasteiger charge is 2.73. The number of aliphatic imine (C=N–C) groups is 1. The minimum atomic E-state index is -6.27. The molecule has 12 heteroatoms. The van der Waals surface area contributed by atoms with Gasteiger partial charge in [-0.05, 0) is 68.5 Å². The first-order valence-corrected chi connectivity index (χ1v) is 13.0. The summed E-state index contributed by atoms with van der Waals surface area (Å²) in [6, 6.07) is 5.93. The molecule has 0 saturated heterocycles. The minimum absolute atomic E-state index is 0.0463. The zero-order valence-electron chi connectivity index (χ0n) is 23.7. The summed E-state index contributed by atoms with van der Waals surface area (Å²) in [4.78, 5) is 30.4. The maximum atomic E-state index is 14.4.